The first kappa shape index (κ1) is 12.9. The van der Waals surface area contributed by atoms with Crippen LogP contribution in [0.5, 0.6) is 0 Å². The van der Waals surface area contributed by atoms with Crippen molar-refractivity contribution in [3.8, 4) is 0 Å². The third-order valence-electron chi connectivity index (χ3n) is 2.10. The van der Waals surface area contributed by atoms with E-state index in [2.05, 4.69) is 10.6 Å². The molecule has 0 radical (unpaired) electrons. The zero-order chi connectivity index (χ0) is 12.3. The molecule has 6 heteroatoms. The molecule has 4 nitrogen and oxygen atoms in total. The van der Waals surface area contributed by atoms with Gasteiger partial charge in [-0.25, -0.2) is 0 Å². The Labute approximate surface area is 104 Å². The van der Waals surface area contributed by atoms with Crippen molar-refractivity contribution in [1.82, 2.24) is 5.32 Å². The van der Waals surface area contributed by atoms with Crippen molar-refractivity contribution in [3.63, 3.8) is 0 Å². The molecule has 1 atom stereocenters. The molecular weight excluding hydrogens is 249 g/mol. The lowest BCUT2D eigenvalue weighted by Gasteiger charge is -2.16. The van der Waals surface area contributed by atoms with Crippen LogP contribution in [0, 0.1) is 0 Å². The smallest absolute Gasteiger partial charge is 0.241 e. The number of likely N-dealkylation sites (N-methyl/N-ethyl adjacent to an activating group) is 1. The van der Waals surface area contributed by atoms with Gasteiger partial charge in [-0.1, -0.05) is 23.2 Å². The van der Waals surface area contributed by atoms with Gasteiger partial charge in [-0.2, -0.15) is 0 Å². The summed E-state index contributed by atoms with van der Waals surface area (Å²) in [6, 6.07) is 2.74. The minimum atomic E-state index is -0.399. The first-order chi connectivity index (χ1) is 7.45. The lowest BCUT2D eigenvalue weighted by molar-refractivity contribution is -0.121. The molecule has 1 aromatic rings. The maximum atomic E-state index is 11.3. The maximum absolute atomic E-state index is 11.3. The zero-order valence-electron chi connectivity index (χ0n) is 8.97. The minimum absolute atomic E-state index is 0.134. The van der Waals surface area contributed by atoms with Crippen molar-refractivity contribution in [3.05, 3.63) is 22.2 Å². The molecule has 0 saturated heterocycles. The molecule has 0 spiro atoms. The Balaban J connectivity index is 2.89. The fourth-order valence-electron chi connectivity index (χ4n) is 1.20. The molecule has 0 bridgehead atoms. The predicted molar refractivity (Wildman–Crippen MR) is 68.0 cm³/mol. The average Bonchev–Trinajstić information content (AvgIpc) is 2.24. The van der Waals surface area contributed by atoms with Crippen LogP contribution in [0.3, 0.4) is 0 Å². The topological polar surface area (TPSA) is 67.2 Å². The van der Waals surface area contributed by atoms with Gasteiger partial charge in [-0.05, 0) is 19.1 Å². The van der Waals surface area contributed by atoms with E-state index in [1.54, 1.807) is 26.1 Å². The first-order valence-electron chi connectivity index (χ1n) is 4.68. The van der Waals surface area contributed by atoms with Crippen molar-refractivity contribution in [2.45, 2.75) is 13.0 Å². The molecule has 4 N–H and O–H groups in total. The monoisotopic (exact) mass is 261 g/mol. The fraction of sp³-hybridized carbons (Fsp3) is 0.300. The lowest BCUT2D eigenvalue weighted by atomic mass is 10.2. The van der Waals surface area contributed by atoms with Crippen molar-refractivity contribution in [2.24, 2.45) is 0 Å². The summed E-state index contributed by atoms with van der Waals surface area (Å²) < 4.78 is 0. The van der Waals surface area contributed by atoms with E-state index in [1.807, 2.05) is 0 Å². The van der Waals surface area contributed by atoms with E-state index < -0.39 is 6.04 Å². The van der Waals surface area contributed by atoms with Gasteiger partial charge in [0.15, 0.2) is 0 Å². The van der Waals surface area contributed by atoms with Crippen LogP contribution >= 0.6 is 23.2 Å². The number of rotatable bonds is 3. The van der Waals surface area contributed by atoms with Crippen LogP contribution in [-0.2, 0) is 4.79 Å². The number of benzene rings is 1. The van der Waals surface area contributed by atoms with E-state index >= 15 is 0 Å². The molecule has 0 aliphatic rings. The molecule has 1 aromatic carbocycles. The van der Waals surface area contributed by atoms with Crippen molar-refractivity contribution in [2.75, 3.05) is 18.1 Å². The molecule has 0 heterocycles. The van der Waals surface area contributed by atoms with Gasteiger partial charge in [-0.15, -0.1) is 0 Å². The highest BCUT2D eigenvalue weighted by molar-refractivity contribution is 6.42. The standard InChI is InChI=1S/C10H13Cl2N3O/c1-5(10(16)14-2)15-9-4-7(12)6(11)3-8(9)13/h3-5,15H,13H2,1-2H3,(H,14,16). The summed E-state index contributed by atoms with van der Waals surface area (Å²) >= 11 is 11.6. The normalized spacial score (nSPS) is 12.0. The predicted octanol–water partition coefficient (Wildman–Crippen LogP) is 2.12. The SMILES string of the molecule is CNC(=O)C(C)Nc1cc(Cl)c(Cl)cc1N. The first-order valence-corrected chi connectivity index (χ1v) is 5.44. The number of hydrogen-bond donors (Lipinski definition) is 3. The number of anilines is 2. The zero-order valence-corrected chi connectivity index (χ0v) is 10.5. The van der Waals surface area contributed by atoms with Crippen LogP contribution < -0.4 is 16.4 Å². The van der Waals surface area contributed by atoms with Crippen LogP contribution in [0.1, 0.15) is 6.92 Å². The van der Waals surface area contributed by atoms with Gasteiger partial charge in [0, 0.05) is 7.05 Å². The van der Waals surface area contributed by atoms with Crippen LogP contribution in [0.2, 0.25) is 10.0 Å². The van der Waals surface area contributed by atoms with Crippen molar-refractivity contribution in [1.29, 1.82) is 0 Å². The number of carbonyl (C=O) groups is 1. The lowest BCUT2D eigenvalue weighted by Crippen LogP contribution is -2.35. The summed E-state index contributed by atoms with van der Waals surface area (Å²) in [5, 5.41) is 6.26. The second-order valence-electron chi connectivity index (χ2n) is 3.33. The Kier molecular flexibility index (Phi) is 4.26. The van der Waals surface area contributed by atoms with Crippen molar-refractivity contribution < 1.29 is 4.79 Å². The average molecular weight is 262 g/mol. The molecule has 0 aliphatic carbocycles. The Bertz CT molecular complexity index is 409. The summed E-state index contributed by atoms with van der Waals surface area (Å²) in [4.78, 5) is 11.3. The quantitative estimate of drug-likeness (QED) is 0.731. The minimum Gasteiger partial charge on any atom is -0.397 e. The summed E-state index contributed by atoms with van der Waals surface area (Å²) in [6.45, 7) is 1.72. The van der Waals surface area contributed by atoms with E-state index in [9.17, 15) is 4.79 Å². The number of amides is 1. The van der Waals surface area contributed by atoms with Crippen LogP contribution in [0.4, 0.5) is 11.4 Å². The maximum Gasteiger partial charge on any atom is 0.241 e. The van der Waals surface area contributed by atoms with Gasteiger partial charge >= 0.3 is 0 Å². The van der Waals surface area contributed by atoms with E-state index in [0.29, 0.717) is 21.4 Å². The highest BCUT2D eigenvalue weighted by atomic mass is 35.5. The molecule has 0 aliphatic heterocycles. The molecule has 88 valence electrons. The molecule has 0 fully saturated rings. The van der Waals surface area contributed by atoms with E-state index in [-0.39, 0.29) is 5.91 Å². The fourth-order valence-corrected chi connectivity index (χ4v) is 1.54. The summed E-state index contributed by atoms with van der Waals surface area (Å²) in [6.07, 6.45) is 0. The van der Waals surface area contributed by atoms with E-state index in [0.717, 1.165) is 0 Å². The van der Waals surface area contributed by atoms with Crippen LogP contribution in [0.25, 0.3) is 0 Å². The molecule has 0 aromatic heterocycles. The summed E-state index contributed by atoms with van der Waals surface area (Å²) in [7, 11) is 1.57. The second-order valence-corrected chi connectivity index (χ2v) is 4.15. The number of hydrogen-bond acceptors (Lipinski definition) is 3. The van der Waals surface area contributed by atoms with Gasteiger partial charge in [0.05, 0.1) is 21.4 Å². The summed E-state index contributed by atoms with van der Waals surface area (Å²) in [5.74, 6) is -0.134. The van der Waals surface area contributed by atoms with E-state index in [1.165, 1.54) is 0 Å². The van der Waals surface area contributed by atoms with Gasteiger partial charge in [0.25, 0.3) is 0 Å². The largest absolute Gasteiger partial charge is 0.397 e. The number of halogens is 2. The number of nitrogens with two attached hydrogens (primary N) is 1. The van der Waals surface area contributed by atoms with Gasteiger partial charge in [0.1, 0.15) is 6.04 Å². The molecule has 16 heavy (non-hydrogen) atoms. The molecular formula is C10H13Cl2N3O. The Hall–Kier alpha value is -1.13. The molecule has 1 amide bonds. The Morgan fingerprint density at radius 3 is 2.50 bits per heavy atom. The van der Waals surface area contributed by atoms with Gasteiger partial charge < -0.3 is 16.4 Å². The van der Waals surface area contributed by atoms with Crippen LogP contribution in [-0.4, -0.2) is 19.0 Å². The Morgan fingerprint density at radius 2 is 1.94 bits per heavy atom. The highest BCUT2D eigenvalue weighted by Gasteiger charge is 2.13. The second kappa shape index (κ2) is 5.27. The van der Waals surface area contributed by atoms with E-state index in [4.69, 9.17) is 28.9 Å². The molecule has 0 saturated carbocycles. The number of nitrogen functional groups attached to an aromatic ring is 1. The third-order valence-corrected chi connectivity index (χ3v) is 2.83. The highest BCUT2D eigenvalue weighted by Crippen LogP contribution is 2.30. The number of nitrogens with one attached hydrogen (secondary N) is 2. The van der Waals surface area contributed by atoms with Crippen molar-refractivity contribution >= 4 is 40.5 Å². The van der Waals surface area contributed by atoms with Gasteiger partial charge in [0.2, 0.25) is 5.91 Å². The molecule has 1 unspecified atom stereocenters. The number of carbonyl (C=O) groups excluding carboxylic acids is 1. The van der Waals surface area contributed by atoms with Gasteiger partial charge in [-0.3, -0.25) is 4.79 Å². The van der Waals surface area contributed by atoms with Crippen LogP contribution in [0.15, 0.2) is 12.1 Å². The summed E-state index contributed by atoms with van der Waals surface area (Å²) in [5.41, 5.74) is 6.78. The third kappa shape index (κ3) is 2.93. The Morgan fingerprint density at radius 1 is 1.38 bits per heavy atom. The molecule has 1 rings (SSSR count).